The Morgan fingerprint density at radius 3 is 2.76 bits per heavy atom. The first-order valence-electron chi connectivity index (χ1n) is 7.48. The molecule has 6 heteroatoms. The number of aromatic nitrogens is 2. The van der Waals surface area contributed by atoms with Gasteiger partial charge in [0.15, 0.2) is 0 Å². The van der Waals surface area contributed by atoms with E-state index in [0.717, 1.165) is 17.7 Å². The predicted octanol–water partition coefficient (Wildman–Crippen LogP) is 1.89. The number of hydrogen-bond donors (Lipinski definition) is 1. The third-order valence-electron chi connectivity index (χ3n) is 4.09. The largest absolute Gasteiger partial charge is 0.481 e. The topological polar surface area (TPSA) is 75.4 Å². The number of amides is 1. The van der Waals surface area contributed by atoms with Crippen molar-refractivity contribution in [2.75, 3.05) is 6.54 Å². The lowest BCUT2D eigenvalue weighted by Gasteiger charge is -2.33. The van der Waals surface area contributed by atoms with Crippen LogP contribution in [0.5, 0.6) is 0 Å². The molecule has 1 amide bonds. The number of carboxylic acids is 1. The highest BCUT2D eigenvalue weighted by atomic mass is 16.4. The van der Waals surface area contributed by atoms with Crippen LogP contribution in [0.3, 0.4) is 0 Å². The molecule has 6 nitrogen and oxygen atoms in total. The number of rotatable bonds is 4. The molecule has 2 atom stereocenters. The third kappa shape index (κ3) is 3.09. The van der Waals surface area contributed by atoms with E-state index in [1.54, 1.807) is 9.58 Å². The van der Waals surface area contributed by atoms with E-state index in [-0.39, 0.29) is 5.91 Å². The summed E-state index contributed by atoms with van der Waals surface area (Å²) in [6, 6.07) is -0.411. The van der Waals surface area contributed by atoms with E-state index in [0.29, 0.717) is 25.8 Å². The molecule has 116 valence electrons. The molecule has 1 N–H and O–H groups in total. The van der Waals surface area contributed by atoms with Crippen molar-refractivity contribution >= 4 is 11.9 Å². The molecule has 0 bridgehead atoms. The van der Waals surface area contributed by atoms with Crippen LogP contribution in [0.1, 0.15) is 49.9 Å². The Kier molecular flexibility index (Phi) is 4.65. The van der Waals surface area contributed by atoms with Crippen LogP contribution in [-0.2, 0) is 16.6 Å². The first-order chi connectivity index (χ1) is 9.95. The summed E-state index contributed by atoms with van der Waals surface area (Å²) in [5.41, 5.74) is 1.65. The van der Waals surface area contributed by atoms with E-state index in [1.807, 2.05) is 27.1 Å². The normalized spacial score (nSPS) is 23.2. The lowest BCUT2D eigenvalue weighted by Crippen LogP contribution is -2.39. The molecule has 0 radical (unpaired) electrons. The second-order valence-electron chi connectivity index (χ2n) is 5.71. The van der Waals surface area contributed by atoms with Gasteiger partial charge in [-0.1, -0.05) is 6.92 Å². The Morgan fingerprint density at radius 2 is 2.24 bits per heavy atom. The van der Waals surface area contributed by atoms with Crippen molar-refractivity contribution in [1.82, 2.24) is 14.7 Å². The van der Waals surface area contributed by atoms with E-state index < -0.39 is 17.9 Å². The molecular weight excluding hydrogens is 270 g/mol. The van der Waals surface area contributed by atoms with Gasteiger partial charge >= 0.3 is 5.97 Å². The summed E-state index contributed by atoms with van der Waals surface area (Å²) < 4.78 is 1.68. The van der Waals surface area contributed by atoms with Gasteiger partial charge in [-0.05, 0) is 26.2 Å². The zero-order valence-electron chi connectivity index (χ0n) is 12.9. The lowest BCUT2D eigenvalue weighted by molar-refractivity contribution is -0.146. The first kappa shape index (κ1) is 15.5. The van der Waals surface area contributed by atoms with Gasteiger partial charge in [0.25, 0.3) is 0 Å². The second-order valence-corrected chi connectivity index (χ2v) is 5.71. The van der Waals surface area contributed by atoms with E-state index in [9.17, 15) is 14.7 Å². The van der Waals surface area contributed by atoms with Crippen LogP contribution in [0.2, 0.25) is 0 Å². The molecule has 0 saturated carbocycles. The van der Waals surface area contributed by atoms with Crippen molar-refractivity contribution in [3.05, 3.63) is 17.5 Å². The fraction of sp³-hybridized carbons (Fsp3) is 0.667. The minimum Gasteiger partial charge on any atom is -0.481 e. The maximum atomic E-state index is 12.4. The van der Waals surface area contributed by atoms with E-state index in [2.05, 4.69) is 5.10 Å². The van der Waals surface area contributed by atoms with Crippen molar-refractivity contribution < 1.29 is 14.7 Å². The van der Waals surface area contributed by atoms with E-state index in [1.165, 1.54) is 0 Å². The van der Waals surface area contributed by atoms with Crippen LogP contribution >= 0.6 is 0 Å². The van der Waals surface area contributed by atoms with Crippen LogP contribution in [-0.4, -0.2) is 38.2 Å². The molecule has 0 spiro atoms. The van der Waals surface area contributed by atoms with E-state index >= 15 is 0 Å². The lowest BCUT2D eigenvalue weighted by atomic mass is 9.89. The minimum absolute atomic E-state index is 0.0499. The summed E-state index contributed by atoms with van der Waals surface area (Å²) in [5, 5.41) is 13.9. The Bertz CT molecular complexity index is 538. The van der Waals surface area contributed by atoms with E-state index in [4.69, 9.17) is 0 Å². The van der Waals surface area contributed by atoms with Crippen LogP contribution in [0, 0.1) is 12.8 Å². The SMILES string of the molecule is CCCN1C(=O)CCCC(C(=O)O)C1c1cn(C)nc1C. The van der Waals surface area contributed by atoms with Crippen LogP contribution in [0.15, 0.2) is 6.20 Å². The van der Waals surface area contributed by atoms with Gasteiger partial charge in [-0.15, -0.1) is 0 Å². The van der Waals surface area contributed by atoms with Gasteiger partial charge < -0.3 is 10.0 Å². The highest BCUT2D eigenvalue weighted by molar-refractivity contribution is 5.79. The number of carbonyl (C=O) groups excluding carboxylic acids is 1. The van der Waals surface area contributed by atoms with Gasteiger partial charge in [-0.2, -0.15) is 5.10 Å². The van der Waals surface area contributed by atoms with Crippen LogP contribution < -0.4 is 0 Å². The van der Waals surface area contributed by atoms with Crippen molar-refractivity contribution in [2.24, 2.45) is 13.0 Å². The monoisotopic (exact) mass is 293 g/mol. The zero-order valence-corrected chi connectivity index (χ0v) is 12.9. The molecule has 1 aromatic heterocycles. The van der Waals surface area contributed by atoms with Gasteiger partial charge in [0.2, 0.25) is 5.91 Å². The van der Waals surface area contributed by atoms with Gasteiger partial charge in [0.05, 0.1) is 17.7 Å². The Balaban J connectivity index is 2.50. The van der Waals surface area contributed by atoms with Gasteiger partial charge in [0, 0.05) is 31.8 Å². The smallest absolute Gasteiger partial charge is 0.308 e. The summed E-state index contributed by atoms with van der Waals surface area (Å²) in [4.78, 5) is 25.8. The van der Waals surface area contributed by atoms with Crippen LogP contribution in [0.25, 0.3) is 0 Å². The predicted molar refractivity (Wildman–Crippen MR) is 77.7 cm³/mol. The number of carboxylic acid groups (broad SMARTS) is 1. The summed E-state index contributed by atoms with van der Waals surface area (Å²) in [6.07, 6.45) is 4.25. The number of carbonyl (C=O) groups is 2. The first-order valence-corrected chi connectivity index (χ1v) is 7.48. The van der Waals surface area contributed by atoms with Crippen LogP contribution in [0.4, 0.5) is 0 Å². The maximum absolute atomic E-state index is 12.4. The average Bonchev–Trinajstić information content (AvgIpc) is 2.64. The van der Waals surface area contributed by atoms with Crippen molar-refractivity contribution in [3.8, 4) is 0 Å². The maximum Gasteiger partial charge on any atom is 0.308 e. The van der Waals surface area contributed by atoms with Gasteiger partial charge in [-0.3, -0.25) is 14.3 Å². The Labute approximate surface area is 124 Å². The summed E-state index contributed by atoms with van der Waals surface area (Å²) >= 11 is 0. The number of aryl methyl sites for hydroxylation is 2. The highest BCUT2D eigenvalue weighted by Crippen LogP contribution is 2.37. The molecule has 1 aliphatic heterocycles. The number of likely N-dealkylation sites (tertiary alicyclic amines) is 1. The fourth-order valence-corrected chi connectivity index (χ4v) is 3.20. The van der Waals surface area contributed by atoms with Crippen molar-refractivity contribution in [2.45, 2.75) is 45.6 Å². The fourth-order valence-electron chi connectivity index (χ4n) is 3.20. The Morgan fingerprint density at radius 1 is 1.52 bits per heavy atom. The molecule has 2 unspecified atom stereocenters. The molecule has 0 aliphatic carbocycles. The minimum atomic E-state index is -0.834. The van der Waals surface area contributed by atoms with Crippen molar-refractivity contribution in [1.29, 1.82) is 0 Å². The van der Waals surface area contributed by atoms with Crippen molar-refractivity contribution in [3.63, 3.8) is 0 Å². The molecule has 21 heavy (non-hydrogen) atoms. The molecule has 2 heterocycles. The molecule has 1 fully saturated rings. The zero-order chi connectivity index (χ0) is 15.6. The number of hydrogen-bond acceptors (Lipinski definition) is 3. The van der Waals surface area contributed by atoms with Gasteiger partial charge in [-0.25, -0.2) is 0 Å². The Hall–Kier alpha value is -1.85. The molecule has 0 aromatic carbocycles. The molecular formula is C15H23N3O3. The molecule has 1 aliphatic rings. The standard InChI is InChI=1S/C15H23N3O3/c1-4-8-18-13(19)7-5-6-11(15(20)21)14(18)12-9-17(3)16-10(12)2/h9,11,14H,4-8H2,1-3H3,(H,20,21). The number of nitrogens with zero attached hydrogens (tertiary/aromatic N) is 3. The quantitative estimate of drug-likeness (QED) is 0.920. The molecule has 1 saturated heterocycles. The molecule has 2 rings (SSSR count). The number of aliphatic carboxylic acids is 1. The summed E-state index contributed by atoms with van der Waals surface area (Å²) in [5.74, 6) is -1.35. The average molecular weight is 293 g/mol. The second kappa shape index (κ2) is 6.28. The molecule has 1 aromatic rings. The highest BCUT2D eigenvalue weighted by Gasteiger charge is 2.39. The third-order valence-corrected chi connectivity index (χ3v) is 4.09. The summed E-state index contributed by atoms with van der Waals surface area (Å²) in [7, 11) is 1.81. The summed E-state index contributed by atoms with van der Waals surface area (Å²) in [6.45, 7) is 4.45. The van der Waals surface area contributed by atoms with Gasteiger partial charge in [0.1, 0.15) is 0 Å².